The summed E-state index contributed by atoms with van der Waals surface area (Å²) in [7, 11) is 0. The highest BCUT2D eigenvalue weighted by molar-refractivity contribution is 6.19. The monoisotopic (exact) mass is 702 g/mol. The molecule has 9 aromatic carbocycles. The predicted octanol–water partition coefficient (Wildman–Crippen LogP) is 13.7. The van der Waals surface area contributed by atoms with Gasteiger partial charge in [0.2, 0.25) is 0 Å². The maximum atomic E-state index is 11.5. The van der Waals surface area contributed by atoms with Crippen LogP contribution >= 0.6 is 0 Å². The first-order valence-corrected chi connectivity index (χ1v) is 18.7. The molecule has 3 nitrogen and oxygen atoms in total. The normalized spacial score (nSPS) is 11.7. The van der Waals surface area contributed by atoms with E-state index >= 15 is 0 Å². The molecule has 0 fully saturated rings. The fourth-order valence-electron chi connectivity index (χ4n) is 8.70. The Morgan fingerprint density at radius 3 is 1.64 bits per heavy atom. The molecule has 3 heteroatoms. The van der Waals surface area contributed by atoms with Crippen molar-refractivity contribution in [3.8, 4) is 50.5 Å². The van der Waals surface area contributed by atoms with Crippen molar-refractivity contribution in [2.45, 2.75) is 0 Å². The highest BCUT2D eigenvalue weighted by Gasteiger charge is 2.21. The molecule has 0 atom stereocenters. The summed E-state index contributed by atoms with van der Waals surface area (Å²) in [6.45, 7) is 0. The number of fused-ring (bicyclic) bond motifs is 7. The van der Waals surface area contributed by atoms with Gasteiger partial charge in [-0.1, -0.05) is 140 Å². The van der Waals surface area contributed by atoms with E-state index in [4.69, 9.17) is 0 Å². The molecule has 1 N–H and O–H groups in total. The molecule has 2 heterocycles. The average Bonchev–Trinajstić information content (AvgIpc) is 3.76. The Hall–Kier alpha value is -7.36. The molecule has 0 aliphatic rings. The van der Waals surface area contributed by atoms with Crippen molar-refractivity contribution in [3.05, 3.63) is 200 Å². The van der Waals surface area contributed by atoms with Gasteiger partial charge in [0.1, 0.15) is 5.75 Å². The molecule has 0 unspecified atom stereocenters. The van der Waals surface area contributed by atoms with Crippen LogP contribution in [0.5, 0.6) is 5.75 Å². The third-order valence-corrected chi connectivity index (χ3v) is 11.2. The lowest BCUT2D eigenvalue weighted by atomic mass is 9.96. The molecule has 0 saturated heterocycles. The van der Waals surface area contributed by atoms with Gasteiger partial charge in [-0.2, -0.15) is 0 Å². The van der Waals surface area contributed by atoms with Crippen molar-refractivity contribution in [2.75, 3.05) is 0 Å². The second kappa shape index (κ2) is 12.4. The lowest BCUT2D eigenvalue weighted by Crippen LogP contribution is -1.95. The quantitative estimate of drug-likeness (QED) is 0.190. The summed E-state index contributed by atoms with van der Waals surface area (Å²) < 4.78 is 4.74. The highest BCUT2D eigenvalue weighted by atomic mass is 16.3. The maximum Gasteiger partial charge on any atom is 0.124 e. The van der Waals surface area contributed by atoms with Gasteiger partial charge in [-0.3, -0.25) is 0 Å². The van der Waals surface area contributed by atoms with Crippen molar-refractivity contribution in [1.82, 2.24) is 9.13 Å². The van der Waals surface area contributed by atoms with Crippen molar-refractivity contribution < 1.29 is 5.11 Å². The zero-order chi connectivity index (χ0) is 36.5. The van der Waals surface area contributed by atoms with Gasteiger partial charge in [0.25, 0.3) is 0 Å². The number of hydrogen-bond donors (Lipinski definition) is 1. The third-order valence-electron chi connectivity index (χ3n) is 11.2. The van der Waals surface area contributed by atoms with Crippen LogP contribution in [0, 0.1) is 0 Å². The summed E-state index contributed by atoms with van der Waals surface area (Å²) in [5.41, 5.74) is 13.2. The minimum absolute atomic E-state index is 0.270. The number of phenolic OH excluding ortho intramolecular Hbond substituents is 1. The van der Waals surface area contributed by atoms with Crippen LogP contribution < -0.4 is 0 Å². The molecule has 11 rings (SSSR count). The molecule has 0 saturated carbocycles. The van der Waals surface area contributed by atoms with Crippen molar-refractivity contribution >= 4 is 54.4 Å². The van der Waals surface area contributed by atoms with E-state index in [0.717, 1.165) is 55.4 Å². The van der Waals surface area contributed by atoms with Crippen LogP contribution in [0.25, 0.3) is 99.1 Å². The summed E-state index contributed by atoms with van der Waals surface area (Å²) in [6, 6.07) is 70.9. The Balaban J connectivity index is 1.13. The summed E-state index contributed by atoms with van der Waals surface area (Å²) in [6.07, 6.45) is 0. The van der Waals surface area contributed by atoms with E-state index in [1.807, 2.05) is 24.3 Å². The first-order chi connectivity index (χ1) is 27.2. The Bertz CT molecular complexity index is 3240. The summed E-state index contributed by atoms with van der Waals surface area (Å²) in [5.74, 6) is 0.270. The molecule has 0 radical (unpaired) electrons. The summed E-state index contributed by atoms with van der Waals surface area (Å²) >= 11 is 0. The number of hydrogen-bond acceptors (Lipinski definition) is 1. The molecule has 11 aromatic rings. The topological polar surface area (TPSA) is 30.1 Å². The molecule has 0 aliphatic heterocycles. The fraction of sp³-hybridized carbons (Fsp3) is 0. The molecule has 0 bridgehead atoms. The van der Waals surface area contributed by atoms with Gasteiger partial charge in [0.15, 0.2) is 0 Å². The van der Waals surface area contributed by atoms with E-state index in [2.05, 4.69) is 185 Å². The highest BCUT2D eigenvalue weighted by Crippen LogP contribution is 2.45. The van der Waals surface area contributed by atoms with Crippen LogP contribution in [0.1, 0.15) is 0 Å². The summed E-state index contributed by atoms with van der Waals surface area (Å²) in [5, 5.41) is 18.5. The lowest BCUT2D eigenvalue weighted by Gasteiger charge is -2.12. The Kier molecular flexibility index (Phi) is 7.01. The third kappa shape index (κ3) is 4.91. The fourth-order valence-corrected chi connectivity index (χ4v) is 8.70. The first kappa shape index (κ1) is 31.2. The number of phenols is 1. The van der Waals surface area contributed by atoms with Crippen LogP contribution in [0.2, 0.25) is 0 Å². The number of aromatic nitrogens is 2. The number of nitrogens with zero attached hydrogens (tertiary/aromatic N) is 2. The van der Waals surface area contributed by atoms with Crippen LogP contribution in [0.15, 0.2) is 200 Å². The number of benzene rings is 9. The smallest absolute Gasteiger partial charge is 0.124 e. The second-order valence-corrected chi connectivity index (χ2v) is 14.3. The van der Waals surface area contributed by atoms with Crippen LogP contribution in [-0.2, 0) is 0 Å². The van der Waals surface area contributed by atoms with E-state index in [1.54, 1.807) is 0 Å². The molecule has 0 spiro atoms. The predicted molar refractivity (Wildman–Crippen MR) is 231 cm³/mol. The molecule has 0 aliphatic carbocycles. The minimum atomic E-state index is 0.270. The lowest BCUT2D eigenvalue weighted by molar-refractivity contribution is 0.478. The zero-order valence-corrected chi connectivity index (χ0v) is 29.9. The van der Waals surface area contributed by atoms with Crippen molar-refractivity contribution in [3.63, 3.8) is 0 Å². The standard InChI is InChI=1S/C52H34N2O/c55-50-31-30-49-52(51(50)37-15-5-2-6-16-37)44-33-39(25-29-48(44)54(49)45-21-11-17-36-14-7-8-18-41(36)45)38-24-28-47-43(32-38)42-19-9-10-20-46(42)53(47)40-26-22-35(23-27-40)34-12-3-1-4-13-34/h1-33,55H. The van der Waals surface area contributed by atoms with E-state index < -0.39 is 0 Å². The van der Waals surface area contributed by atoms with Gasteiger partial charge in [0, 0.05) is 38.2 Å². The molecule has 2 aromatic heterocycles. The van der Waals surface area contributed by atoms with E-state index in [9.17, 15) is 5.11 Å². The summed E-state index contributed by atoms with van der Waals surface area (Å²) in [4.78, 5) is 0. The van der Waals surface area contributed by atoms with Gasteiger partial charge in [0.05, 0.1) is 27.8 Å². The minimum Gasteiger partial charge on any atom is -0.507 e. The Labute approximate surface area is 318 Å². The van der Waals surface area contributed by atoms with Gasteiger partial charge >= 0.3 is 0 Å². The molecule has 258 valence electrons. The number of rotatable bonds is 5. The van der Waals surface area contributed by atoms with Gasteiger partial charge in [-0.05, 0) is 93.9 Å². The first-order valence-electron chi connectivity index (χ1n) is 18.7. The second-order valence-electron chi connectivity index (χ2n) is 14.3. The largest absolute Gasteiger partial charge is 0.507 e. The van der Waals surface area contributed by atoms with Crippen molar-refractivity contribution in [2.24, 2.45) is 0 Å². The zero-order valence-electron chi connectivity index (χ0n) is 29.9. The Morgan fingerprint density at radius 1 is 0.327 bits per heavy atom. The molecule has 0 amide bonds. The maximum absolute atomic E-state index is 11.5. The Morgan fingerprint density at radius 2 is 0.873 bits per heavy atom. The van der Waals surface area contributed by atoms with Crippen LogP contribution in [-0.4, -0.2) is 14.2 Å². The van der Waals surface area contributed by atoms with Crippen molar-refractivity contribution in [1.29, 1.82) is 0 Å². The van der Waals surface area contributed by atoms with Crippen LogP contribution in [0.3, 0.4) is 0 Å². The van der Waals surface area contributed by atoms with Crippen LogP contribution in [0.4, 0.5) is 0 Å². The van der Waals surface area contributed by atoms with E-state index in [-0.39, 0.29) is 5.75 Å². The van der Waals surface area contributed by atoms with Gasteiger partial charge < -0.3 is 14.2 Å². The molecular weight excluding hydrogens is 669 g/mol. The van der Waals surface area contributed by atoms with E-state index in [0.29, 0.717) is 0 Å². The number of para-hydroxylation sites is 1. The SMILES string of the molecule is Oc1ccc2c(c1-c1ccccc1)c1cc(-c3ccc4c(c3)c3ccccc3n4-c3ccc(-c4ccccc4)cc3)ccc1n2-c1cccc2ccccc12. The number of aromatic hydroxyl groups is 1. The van der Waals surface area contributed by atoms with E-state index in [1.165, 1.54) is 43.7 Å². The molecular formula is C52H34N2O. The van der Waals surface area contributed by atoms with Gasteiger partial charge in [-0.15, -0.1) is 0 Å². The van der Waals surface area contributed by atoms with Gasteiger partial charge in [-0.25, -0.2) is 0 Å². The molecule has 55 heavy (non-hydrogen) atoms. The average molecular weight is 703 g/mol.